The first-order valence-corrected chi connectivity index (χ1v) is 7.04. The molecule has 3 atom stereocenters. The van der Waals surface area contributed by atoms with E-state index in [9.17, 15) is 9.50 Å². The summed E-state index contributed by atoms with van der Waals surface area (Å²) in [4.78, 5) is 0. The highest BCUT2D eigenvalue weighted by molar-refractivity contribution is 5.44. The Balaban J connectivity index is 1.77. The number of rotatable bonds is 2. The number of hydrogen-bond acceptors (Lipinski definition) is 3. The van der Waals surface area contributed by atoms with Crippen molar-refractivity contribution in [3.63, 3.8) is 0 Å². The Labute approximate surface area is 112 Å². The molecule has 1 heterocycles. The molecule has 2 N–H and O–H groups in total. The van der Waals surface area contributed by atoms with Crippen LogP contribution in [0.15, 0.2) is 24.3 Å². The van der Waals surface area contributed by atoms with Gasteiger partial charge in [0.05, 0.1) is 12.1 Å². The maximum Gasteiger partial charge on any atom is 0.123 e. The van der Waals surface area contributed by atoms with E-state index in [4.69, 9.17) is 4.74 Å². The number of ether oxygens (including phenoxy) is 1. The van der Waals surface area contributed by atoms with Gasteiger partial charge in [-0.1, -0.05) is 0 Å². The molecule has 3 rings (SSSR count). The number of nitrogens with one attached hydrogen (secondary N) is 1. The topological polar surface area (TPSA) is 41.5 Å². The molecule has 2 aliphatic rings. The van der Waals surface area contributed by atoms with Crippen LogP contribution in [0.4, 0.5) is 10.1 Å². The highest BCUT2D eigenvalue weighted by Gasteiger charge is 2.48. The Bertz CT molecular complexity index is 434. The number of benzene rings is 1. The molecule has 1 aliphatic carbocycles. The zero-order valence-corrected chi connectivity index (χ0v) is 10.9. The molecule has 3 nitrogen and oxygen atoms in total. The SMILES string of the molecule is O[C@]12CCCO[C@H]1CCCC2Nc1ccc(F)cc1. The highest BCUT2D eigenvalue weighted by Crippen LogP contribution is 2.39. The van der Waals surface area contributed by atoms with Gasteiger partial charge in [0.25, 0.3) is 0 Å². The fourth-order valence-electron chi connectivity index (χ4n) is 3.32. The minimum atomic E-state index is -0.787. The molecular formula is C15H20FNO2. The molecule has 0 aromatic heterocycles. The summed E-state index contributed by atoms with van der Waals surface area (Å²) in [5.41, 5.74) is 0.0660. The molecule has 2 fully saturated rings. The van der Waals surface area contributed by atoms with Crippen molar-refractivity contribution in [2.75, 3.05) is 11.9 Å². The maximum atomic E-state index is 12.9. The van der Waals surface area contributed by atoms with Gasteiger partial charge in [0.2, 0.25) is 0 Å². The predicted molar refractivity (Wildman–Crippen MR) is 71.6 cm³/mol. The van der Waals surface area contributed by atoms with Gasteiger partial charge in [0.1, 0.15) is 11.4 Å². The fourth-order valence-corrected chi connectivity index (χ4v) is 3.32. The minimum Gasteiger partial charge on any atom is -0.385 e. The van der Waals surface area contributed by atoms with Crippen LogP contribution in [-0.4, -0.2) is 29.5 Å². The Kier molecular flexibility index (Phi) is 3.46. The molecule has 1 saturated carbocycles. The third-order valence-corrected chi connectivity index (χ3v) is 4.35. The smallest absolute Gasteiger partial charge is 0.123 e. The summed E-state index contributed by atoms with van der Waals surface area (Å²) < 4.78 is 18.6. The van der Waals surface area contributed by atoms with Crippen molar-refractivity contribution < 1.29 is 14.2 Å². The average Bonchev–Trinajstić information content (AvgIpc) is 2.42. The van der Waals surface area contributed by atoms with Crippen LogP contribution < -0.4 is 5.32 Å². The van der Waals surface area contributed by atoms with Gasteiger partial charge in [-0.3, -0.25) is 0 Å². The van der Waals surface area contributed by atoms with E-state index in [1.54, 1.807) is 12.1 Å². The molecule has 1 aliphatic heterocycles. The van der Waals surface area contributed by atoms with Crippen LogP contribution >= 0.6 is 0 Å². The molecule has 0 bridgehead atoms. The number of halogens is 1. The van der Waals surface area contributed by atoms with Gasteiger partial charge in [-0.25, -0.2) is 4.39 Å². The summed E-state index contributed by atoms with van der Waals surface area (Å²) in [5, 5.41) is 14.3. The van der Waals surface area contributed by atoms with Gasteiger partial charge in [0, 0.05) is 12.3 Å². The first-order valence-electron chi connectivity index (χ1n) is 7.04. The predicted octanol–water partition coefficient (Wildman–Crippen LogP) is 2.70. The molecule has 19 heavy (non-hydrogen) atoms. The summed E-state index contributed by atoms with van der Waals surface area (Å²) in [7, 11) is 0. The Hall–Kier alpha value is -1.13. The van der Waals surface area contributed by atoms with Crippen LogP contribution in [0.1, 0.15) is 32.1 Å². The standard InChI is InChI=1S/C15H20FNO2/c16-11-5-7-12(8-6-11)17-13-3-1-4-14-15(13,18)9-2-10-19-14/h5-8,13-14,17-18H,1-4,9-10H2/t13?,14-,15-/m0/s1. The van der Waals surface area contributed by atoms with Gasteiger partial charge in [-0.15, -0.1) is 0 Å². The van der Waals surface area contributed by atoms with Crippen molar-refractivity contribution in [3.05, 3.63) is 30.1 Å². The molecule has 1 aromatic carbocycles. The van der Waals surface area contributed by atoms with E-state index in [-0.39, 0.29) is 18.0 Å². The van der Waals surface area contributed by atoms with E-state index in [1.807, 2.05) is 0 Å². The molecule has 1 aromatic rings. The number of hydrogen-bond donors (Lipinski definition) is 2. The monoisotopic (exact) mass is 265 g/mol. The van der Waals surface area contributed by atoms with Crippen LogP contribution in [-0.2, 0) is 4.74 Å². The number of fused-ring (bicyclic) bond motifs is 1. The van der Waals surface area contributed by atoms with Crippen LogP contribution in [0.25, 0.3) is 0 Å². The third kappa shape index (κ3) is 2.47. The Morgan fingerprint density at radius 3 is 2.79 bits per heavy atom. The summed E-state index contributed by atoms with van der Waals surface area (Å²) >= 11 is 0. The lowest BCUT2D eigenvalue weighted by Gasteiger charge is -2.48. The van der Waals surface area contributed by atoms with E-state index >= 15 is 0 Å². The van der Waals surface area contributed by atoms with E-state index in [1.165, 1.54) is 12.1 Å². The first kappa shape index (κ1) is 12.9. The summed E-state index contributed by atoms with van der Waals surface area (Å²) in [5.74, 6) is -0.244. The third-order valence-electron chi connectivity index (χ3n) is 4.35. The Morgan fingerprint density at radius 1 is 1.21 bits per heavy atom. The average molecular weight is 265 g/mol. The normalized spacial score (nSPS) is 34.6. The van der Waals surface area contributed by atoms with E-state index < -0.39 is 5.60 Å². The zero-order valence-electron chi connectivity index (χ0n) is 10.9. The molecule has 0 radical (unpaired) electrons. The second-order valence-corrected chi connectivity index (χ2v) is 5.59. The summed E-state index contributed by atoms with van der Waals surface area (Å²) in [6, 6.07) is 6.28. The van der Waals surface area contributed by atoms with Crippen LogP contribution in [0.5, 0.6) is 0 Å². The Morgan fingerprint density at radius 2 is 2.00 bits per heavy atom. The van der Waals surface area contributed by atoms with Crippen LogP contribution in [0.2, 0.25) is 0 Å². The van der Waals surface area contributed by atoms with Gasteiger partial charge in [-0.05, 0) is 56.4 Å². The molecule has 0 amide bonds. The lowest BCUT2D eigenvalue weighted by Crippen LogP contribution is -2.60. The van der Waals surface area contributed by atoms with Gasteiger partial charge < -0.3 is 15.2 Å². The maximum absolute atomic E-state index is 12.9. The molecule has 0 spiro atoms. The van der Waals surface area contributed by atoms with Crippen molar-refractivity contribution >= 4 is 5.69 Å². The van der Waals surface area contributed by atoms with E-state index in [0.717, 1.165) is 44.4 Å². The van der Waals surface area contributed by atoms with Gasteiger partial charge in [0.15, 0.2) is 0 Å². The molecule has 104 valence electrons. The number of aliphatic hydroxyl groups is 1. The van der Waals surface area contributed by atoms with Crippen molar-refractivity contribution in [3.8, 4) is 0 Å². The van der Waals surface area contributed by atoms with Crippen molar-refractivity contribution in [2.24, 2.45) is 0 Å². The molecular weight excluding hydrogens is 245 g/mol. The van der Waals surface area contributed by atoms with Crippen molar-refractivity contribution in [1.29, 1.82) is 0 Å². The van der Waals surface area contributed by atoms with Crippen molar-refractivity contribution in [2.45, 2.75) is 49.9 Å². The van der Waals surface area contributed by atoms with E-state index in [2.05, 4.69) is 5.32 Å². The minimum absolute atomic E-state index is 0.0167. The fraction of sp³-hybridized carbons (Fsp3) is 0.600. The van der Waals surface area contributed by atoms with Gasteiger partial charge in [-0.2, -0.15) is 0 Å². The first-order chi connectivity index (χ1) is 9.18. The lowest BCUT2D eigenvalue weighted by atomic mass is 9.74. The van der Waals surface area contributed by atoms with Crippen LogP contribution in [0, 0.1) is 5.82 Å². The summed E-state index contributed by atoms with van der Waals surface area (Å²) in [6.45, 7) is 0.746. The second-order valence-electron chi connectivity index (χ2n) is 5.59. The number of anilines is 1. The quantitative estimate of drug-likeness (QED) is 0.864. The lowest BCUT2D eigenvalue weighted by molar-refractivity contribution is -0.168. The van der Waals surface area contributed by atoms with Gasteiger partial charge >= 0.3 is 0 Å². The van der Waals surface area contributed by atoms with Crippen molar-refractivity contribution in [1.82, 2.24) is 0 Å². The van der Waals surface area contributed by atoms with Crippen LogP contribution in [0.3, 0.4) is 0 Å². The largest absolute Gasteiger partial charge is 0.385 e. The van der Waals surface area contributed by atoms with E-state index in [0.29, 0.717) is 0 Å². The molecule has 1 saturated heterocycles. The highest BCUT2D eigenvalue weighted by atomic mass is 19.1. The second kappa shape index (κ2) is 5.10. The summed E-state index contributed by atoms with van der Waals surface area (Å²) in [6.07, 6.45) is 4.51. The molecule has 1 unspecified atom stereocenters. The zero-order chi connectivity index (χ0) is 13.3. The molecule has 4 heteroatoms.